The van der Waals surface area contributed by atoms with Crippen molar-refractivity contribution < 1.29 is 28.5 Å². The molecule has 130 valence electrons. The van der Waals surface area contributed by atoms with Gasteiger partial charge in [0, 0.05) is 32.7 Å². The number of hydrogen-bond donors (Lipinski definition) is 3. The van der Waals surface area contributed by atoms with Gasteiger partial charge in [-0.3, -0.25) is 4.90 Å². The van der Waals surface area contributed by atoms with Crippen LogP contribution < -0.4 is 0 Å². The van der Waals surface area contributed by atoms with Gasteiger partial charge in [0.25, 0.3) is 0 Å². The Hall–Kier alpha value is -1.39. The fraction of sp³-hybridized carbons (Fsp3) is 0.462. The number of carboxylic acid groups (broad SMARTS) is 1. The molecule has 0 aromatic heterocycles. The van der Waals surface area contributed by atoms with E-state index in [1.165, 1.54) is 10.4 Å². The zero-order valence-corrected chi connectivity index (χ0v) is 13.9. The molecule has 1 aromatic rings. The molecule has 0 spiro atoms. The smallest absolute Gasteiger partial charge is 0.339 e. The molecule has 1 saturated heterocycles. The molecule has 1 heterocycles. The van der Waals surface area contributed by atoms with Gasteiger partial charge in [0.2, 0.25) is 10.0 Å². The zero-order chi connectivity index (χ0) is 16.3. The number of aliphatic hydroxyl groups is 1. The van der Waals surface area contributed by atoms with Crippen molar-refractivity contribution in [2.24, 2.45) is 0 Å². The van der Waals surface area contributed by atoms with Crippen molar-refractivity contribution in [3.05, 3.63) is 23.8 Å². The number of aliphatic hydroxyl groups excluding tert-OH is 1. The van der Waals surface area contributed by atoms with E-state index in [1.807, 2.05) is 4.90 Å². The zero-order valence-electron chi connectivity index (χ0n) is 12.3. The Labute approximate surface area is 140 Å². The molecule has 0 atom stereocenters. The summed E-state index contributed by atoms with van der Waals surface area (Å²) in [5, 5.41) is 27.3. The molecule has 23 heavy (non-hydrogen) atoms. The van der Waals surface area contributed by atoms with Gasteiger partial charge in [-0.2, -0.15) is 4.31 Å². The molecule has 8 nitrogen and oxygen atoms in total. The van der Waals surface area contributed by atoms with Crippen LogP contribution in [0.3, 0.4) is 0 Å². The molecule has 0 saturated carbocycles. The second kappa shape index (κ2) is 7.93. The standard InChI is InChI=1S/C13H18N2O6S.ClH/c16-8-7-14-3-5-15(6-4-14)22(20,21)10-1-2-12(17)11(9-10)13(18)19;/h1-2,9,16-17H,3-8H2,(H,18,19);1H. The van der Waals surface area contributed by atoms with Crippen LogP contribution in [0.1, 0.15) is 10.4 Å². The minimum Gasteiger partial charge on any atom is -0.507 e. The lowest BCUT2D eigenvalue weighted by Crippen LogP contribution is -2.49. The highest BCUT2D eigenvalue weighted by molar-refractivity contribution is 7.89. The number of benzene rings is 1. The Bertz CT molecular complexity index is 658. The third kappa shape index (κ3) is 4.33. The van der Waals surface area contributed by atoms with E-state index in [4.69, 9.17) is 10.2 Å². The minimum atomic E-state index is -3.80. The van der Waals surface area contributed by atoms with Crippen molar-refractivity contribution in [2.45, 2.75) is 4.90 Å². The maximum absolute atomic E-state index is 12.5. The van der Waals surface area contributed by atoms with Gasteiger partial charge in [-0.05, 0) is 18.2 Å². The number of aromatic hydroxyl groups is 1. The van der Waals surface area contributed by atoms with Crippen LogP contribution in [0.4, 0.5) is 0 Å². The molecule has 0 radical (unpaired) electrons. The lowest BCUT2D eigenvalue weighted by atomic mass is 10.2. The van der Waals surface area contributed by atoms with Gasteiger partial charge in [-0.15, -0.1) is 12.4 Å². The molecule has 0 bridgehead atoms. The van der Waals surface area contributed by atoms with E-state index in [-0.39, 0.29) is 37.0 Å². The summed E-state index contributed by atoms with van der Waals surface area (Å²) >= 11 is 0. The van der Waals surface area contributed by atoms with E-state index >= 15 is 0 Å². The van der Waals surface area contributed by atoms with Crippen LogP contribution >= 0.6 is 12.4 Å². The topological polar surface area (TPSA) is 118 Å². The van der Waals surface area contributed by atoms with Gasteiger partial charge < -0.3 is 15.3 Å². The fourth-order valence-electron chi connectivity index (χ4n) is 2.33. The van der Waals surface area contributed by atoms with Gasteiger partial charge in [-0.1, -0.05) is 0 Å². The van der Waals surface area contributed by atoms with Crippen LogP contribution in [0, 0.1) is 0 Å². The number of carbonyl (C=O) groups is 1. The highest BCUT2D eigenvalue weighted by Gasteiger charge is 2.29. The van der Waals surface area contributed by atoms with Crippen LogP contribution in [0.25, 0.3) is 0 Å². The summed E-state index contributed by atoms with van der Waals surface area (Å²) in [6.45, 7) is 2.06. The van der Waals surface area contributed by atoms with Crippen LogP contribution in [0.5, 0.6) is 5.75 Å². The SMILES string of the molecule is Cl.O=C(O)c1cc(S(=O)(=O)N2CCN(CCO)CC2)ccc1O. The van der Waals surface area contributed by atoms with Gasteiger partial charge in [0.1, 0.15) is 11.3 Å². The first-order valence-corrected chi connectivity index (χ1v) is 8.20. The van der Waals surface area contributed by atoms with Crippen molar-refractivity contribution in [1.82, 2.24) is 9.21 Å². The molecule has 0 aliphatic carbocycles. The number of nitrogens with zero attached hydrogens (tertiary/aromatic N) is 2. The summed E-state index contributed by atoms with van der Waals surface area (Å²) in [6.07, 6.45) is 0. The molecule has 0 amide bonds. The number of halogens is 1. The average Bonchev–Trinajstić information content (AvgIpc) is 2.48. The molecule has 0 unspecified atom stereocenters. The van der Waals surface area contributed by atoms with Crippen LogP contribution in [-0.4, -0.2) is 78.2 Å². The summed E-state index contributed by atoms with van der Waals surface area (Å²) in [5.41, 5.74) is -0.444. The highest BCUT2D eigenvalue weighted by Crippen LogP contribution is 2.24. The van der Waals surface area contributed by atoms with Gasteiger partial charge in [0.05, 0.1) is 11.5 Å². The third-order valence-corrected chi connectivity index (χ3v) is 5.48. The molecular weight excluding hydrogens is 348 g/mol. The van der Waals surface area contributed by atoms with Gasteiger partial charge >= 0.3 is 5.97 Å². The molecule has 2 rings (SSSR count). The Balaban J connectivity index is 0.00000264. The second-order valence-electron chi connectivity index (χ2n) is 4.95. The van der Waals surface area contributed by atoms with Crippen molar-refractivity contribution in [3.8, 4) is 5.75 Å². The summed E-state index contributed by atoms with van der Waals surface area (Å²) in [4.78, 5) is 12.8. The van der Waals surface area contributed by atoms with Crippen LogP contribution in [-0.2, 0) is 10.0 Å². The normalized spacial score (nSPS) is 16.7. The summed E-state index contributed by atoms with van der Waals surface area (Å²) in [7, 11) is -3.80. The van der Waals surface area contributed by atoms with E-state index < -0.39 is 27.3 Å². The second-order valence-corrected chi connectivity index (χ2v) is 6.89. The average molecular weight is 367 g/mol. The Kier molecular flexibility index (Phi) is 6.78. The first kappa shape index (κ1) is 19.7. The Morgan fingerprint density at radius 3 is 2.30 bits per heavy atom. The van der Waals surface area contributed by atoms with Crippen molar-refractivity contribution in [3.63, 3.8) is 0 Å². The number of phenols is 1. The van der Waals surface area contributed by atoms with E-state index in [9.17, 15) is 18.3 Å². The highest BCUT2D eigenvalue weighted by atomic mass is 35.5. The number of rotatable bonds is 5. The number of piperazine rings is 1. The number of carboxylic acids is 1. The quantitative estimate of drug-likeness (QED) is 0.661. The minimum absolute atomic E-state index is 0. The maximum atomic E-state index is 12.5. The maximum Gasteiger partial charge on any atom is 0.339 e. The van der Waals surface area contributed by atoms with Crippen molar-refractivity contribution in [2.75, 3.05) is 39.3 Å². The van der Waals surface area contributed by atoms with Crippen LogP contribution in [0.15, 0.2) is 23.1 Å². The number of aromatic carboxylic acids is 1. The predicted molar refractivity (Wildman–Crippen MR) is 84.6 cm³/mol. The fourth-order valence-corrected chi connectivity index (χ4v) is 3.78. The van der Waals surface area contributed by atoms with Gasteiger partial charge in [-0.25, -0.2) is 13.2 Å². The van der Waals surface area contributed by atoms with E-state index in [2.05, 4.69) is 0 Å². The van der Waals surface area contributed by atoms with Crippen molar-refractivity contribution >= 4 is 28.4 Å². The number of β-amino-alcohol motifs (C(OH)–C–C–N with tert-alkyl or cyclic N) is 1. The molecule has 1 aliphatic heterocycles. The van der Waals surface area contributed by atoms with E-state index in [0.29, 0.717) is 19.6 Å². The summed E-state index contributed by atoms with van der Waals surface area (Å²) in [6, 6.07) is 3.22. The largest absolute Gasteiger partial charge is 0.507 e. The van der Waals surface area contributed by atoms with Gasteiger partial charge in [0.15, 0.2) is 0 Å². The molecule has 1 aliphatic rings. The third-order valence-electron chi connectivity index (χ3n) is 3.58. The van der Waals surface area contributed by atoms with E-state index in [0.717, 1.165) is 12.1 Å². The molecule has 1 aromatic carbocycles. The van der Waals surface area contributed by atoms with Crippen LogP contribution in [0.2, 0.25) is 0 Å². The Morgan fingerprint density at radius 2 is 1.78 bits per heavy atom. The molecule has 3 N–H and O–H groups in total. The first-order valence-electron chi connectivity index (χ1n) is 6.76. The molecule has 1 fully saturated rings. The Morgan fingerprint density at radius 1 is 1.17 bits per heavy atom. The first-order chi connectivity index (χ1) is 10.4. The monoisotopic (exact) mass is 366 g/mol. The molecule has 10 heteroatoms. The van der Waals surface area contributed by atoms with E-state index in [1.54, 1.807) is 0 Å². The number of sulfonamides is 1. The summed E-state index contributed by atoms with van der Waals surface area (Å²) in [5.74, 6) is -1.86. The summed E-state index contributed by atoms with van der Waals surface area (Å²) < 4.78 is 26.3. The lowest BCUT2D eigenvalue weighted by Gasteiger charge is -2.33. The van der Waals surface area contributed by atoms with Crippen molar-refractivity contribution in [1.29, 1.82) is 0 Å². The molecular formula is C13H19ClN2O6S. The predicted octanol–water partition coefficient (Wildman–Crippen LogP) is -0.189. The number of hydrogen-bond acceptors (Lipinski definition) is 6. The lowest BCUT2D eigenvalue weighted by molar-refractivity contribution is 0.0693.